The Kier molecular flexibility index (Phi) is 5.60. The van der Waals surface area contributed by atoms with E-state index in [-0.39, 0.29) is 10.9 Å². The van der Waals surface area contributed by atoms with E-state index < -0.39 is 11.4 Å². The molecular formula is C23H26B3FN6O. The maximum atomic E-state index is 14.5. The van der Waals surface area contributed by atoms with E-state index >= 15 is 0 Å². The highest BCUT2D eigenvalue weighted by atomic mass is 19.1. The third-order valence-electron chi connectivity index (χ3n) is 6.58. The summed E-state index contributed by atoms with van der Waals surface area (Å²) >= 11 is 0. The summed E-state index contributed by atoms with van der Waals surface area (Å²) in [5.41, 5.74) is 4.10. The maximum Gasteiger partial charge on any atom is 0.273 e. The average Bonchev–Trinajstić information content (AvgIpc) is 3.21. The molecule has 1 saturated heterocycles. The highest BCUT2D eigenvalue weighted by Crippen LogP contribution is 2.27. The van der Waals surface area contributed by atoms with Crippen LogP contribution in [0.1, 0.15) is 5.56 Å². The second-order valence-electron chi connectivity index (χ2n) is 9.83. The summed E-state index contributed by atoms with van der Waals surface area (Å²) in [5, 5.41) is 12.0. The summed E-state index contributed by atoms with van der Waals surface area (Å²) in [7, 11) is 6.77. The lowest BCUT2D eigenvalue weighted by molar-refractivity contribution is 0.257. The standard InChI is InChI=1S/C23H26B3FN6O/c1-14-3-2-4-17(27)22(14)33-19(34)13-18-21(30-33)20(29-28-18)15-5-7-16(8-6-15)31-9-11-32(12-10-31)23(24,25)26/h2-8,13,28H,9-12,24-26H2,1H3. The Morgan fingerprint density at radius 3 is 2.38 bits per heavy atom. The van der Waals surface area contributed by atoms with Crippen molar-refractivity contribution in [2.45, 2.75) is 12.2 Å². The van der Waals surface area contributed by atoms with Crippen LogP contribution in [-0.2, 0) is 0 Å². The van der Waals surface area contributed by atoms with Gasteiger partial charge in [0.05, 0.1) is 5.52 Å². The zero-order chi connectivity index (χ0) is 24.0. The van der Waals surface area contributed by atoms with E-state index in [0.29, 0.717) is 22.3 Å². The van der Waals surface area contributed by atoms with Gasteiger partial charge in [0.25, 0.3) is 5.56 Å². The Bertz CT molecular complexity index is 1380. The van der Waals surface area contributed by atoms with Crippen molar-refractivity contribution in [1.29, 1.82) is 0 Å². The van der Waals surface area contributed by atoms with Crippen molar-refractivity contribution in [3.05, 3.63) is 70.3 Å². The number of aromatic nitrogens is 4. The van der Waals surface area contributed by atoms with Gasteiger partial charge in [-0.1, -0.05) is 29.5 Å². The molecule has 170 valence electrons. The van der Waals surface area contributed by atoms with Crippen LogP contribution in [0, 0.1) is 12.7 Å². The Morgan fingerprint density at radius 2 is 1.74 bits per heavy atom. The van der Waals surface area contributed by atoms with Crippen molar-refractivity contribution >= 4 is 40.3 Å². The first kappa shape index (κ1) is 22.5. The number of aromatic amines is 1. The molecule has 0 unspecified atom stereocenters. The van der Waals surface area contributed by atoms with Gasteiger partial charge in [-0.3, -0.25) is 9.89 Å². The Morgan fingerprint density at radius 1 is 1.03 bits per heavy atom. The van der Waals surface area contributed by atoms with E-state index in [1.54, 1.807) is 19.1 Å². The fourth-order valence-corrected chi connectivity index (χ4v) is 4.60. The minimum atomic E-state index is -0.491. The number of benzene rings is 2. The first-order valence-corrected chi connectivity index (χ1v) is 11.6. The predicted octanol–water partition coefficient (Wildman–Crippen LogP) is -0.144. The van der Waals surface area contributed by atoms with Gasteiger partial charge in [-0.2, -0.15) is 14.9 Å². The molecule has 2 aromatic heterocycles. The average molecular weight is 454 g/mol. The number of nitrogens with one attached hydrogen (secondary N) is 1. The van der Waals surface area contributed by atoms with Gasteiger partial charge in [0.15, 0.2) is 0 Å². The third-order valence-corrected chi connectivity index (χ3v) is 6.58. The predicted molar refractivity (Wildman–Crippen MR) is 142 cm³/mol. The highest BCUT2D eigenvalue weighted by Gasteiger charge is 2.26. The van der Waals surface area contributed by atoms with E-state index in [4.69, 9.17) is 0 Å². The van der Waals surface area contributed by atoms with Crippen LogP contribution in [0.5, 0.6) is 0 Å². The molecule has 3 heterocycles. The van der Waals surface area contributed by atoms with Crippen LogP contribution in [0.3, 0.4) is 0 Å². The zero-order valence-corrected chi connectivity index (χ0v) is 20.0. The van der Waals surface area contributed by atoms with E-state index in [1.807, 2.05) is 12.1 Å². The van der Waals surface area contributed by atoms with Crippen molar-refractivity contribution in [3.63, 3.8) is 0 Å². The second kappa shape index (κ2) is 8.47. The van der Waals surface area contributed by atoms with Gasteiger partial charge >= 0.3 is 0 Å². The van der Waals surface area contributed by atoms with Crippen LogP contribution in [0.15, 0.2) is 53.3 Å². The smallest absolute Gasteiger partial charge is 0.273 e. The molecule has 0 spiro atoms. The van der Waals surface area contributed by atoms with Gasteiger partial charge in [0, 0.05) is 43.5 Å². The molecule has 0 aliphatic carbocycles. The number of halogens is 1. The lowest BCUT2D eigenvalue weighted by Gasteiger charge is -2.43. The van der Waals surface area contributed by atoms with Crippen molar-refractivity contribution in [3.8, 4) is 16.9 Å². The number of hydrogen-bond acceptors (Lipinski definition) is 5. The van der Waals surface area contributed by atoms with Gasteiger partial charge in [-0.05, 0) is 30.7 Å². The van der Waals surface area contributed by atoms with Crippen molar-refractivity contribution in [2.75, 3.05) is 31.1 Å². The first-order chi connectivity index (χ1) is 16.2. The van der Waals surface area contributed by atoms with Crippen molar-refractivity contribution in [2.24, 2.45) is 0 Å². The number of fused-ring (bicyclic) bond motifs is 1. The summed E-state index contributed by atoms with van der Waals surface area (Å²) < 4.78 is 15.7. The molecule has 0 bridgehead atoms. The van der Waals surface area contributed by atoms with E-state index in [1.165, 1.54) is 17.8 Å². The molecule has 1 N–H and O–H groups in total. The number of rotatable bonds is 4. The van der Waals surface area contributed by atoms with E-state index in [9.17, 15) is 9.18 Å². The molecule has 0 atom stereocenters. The molecule has 7 nitrogen and oxygen atoms in total. The number of hydrogen-bond donors (Lipinski definition) is 1. The van der Waals surface area contributed by atoms with Crippen LogP contribution in [0.25, 0.3) is 28.0 Å². The van der Waals surface area contributed by atoms with Crippen LogP contribution in [0.4, 0.5) is 10.1 Å². The molecule has 1 aliphatic rings. The number of nitrogens with zero attached hydrogens (tertiary/aromatic N) is 5. The Labute approximate surface area is 200 Å². The minimum absolute atomic E-state index is 0.159. The molecule has 0 amide bonds. The monoisotopic (exact) mass is 454 g/mol. The SMILES string of the molecule is BC(B)(B)N1CCN(c2ccc(-c3n[nH]c4cc(=O)n(-c5c(C)cccc5F)nc34)cc2)CC1. The van der Waals surface area contributed by atoms with Gasteiger partial charge in [0.2, 0.25) is 0 Å². The molecule has 11 heteroatoms. The largest absolute Gasteiger partial charge is 0.369 e. The summed E-state index contributed by atoms with van der Waals surface area (Å²) in [6.45, 7) is 5.79. The van der Waals surface area contributed by atoms with Crippen molar-refractivity contribution < 1.29 is 4.39 Å². The van der Waals surface area contributed by atoms with Gasteiger partial charge in [-0.25, -0.2) is 4.39 Å². The number of piperazine rings is 1. The van der Waals surface area contributed by atoms with Crippen LogP contribution < -0.4 is 10.5 Å². The molecule has 1 fully saturated rings. The van der Waals surface area contributed by atoms with Crippen molar-refractivity contribution in [1.82, 2.24) is 24.9 Å². The van der Waals surface area contributed by atoms with E-state index in [2.05, 4.69) is 60.8 Å². The Balaban J connectivity index is 1.46. The summed E-state index contributed by atoms with van der Waals surface area (Å²) in [6.07, 6.45) is 0. The van der Waals surface area contributed by atoms with Gasteiger partial charge < -0.3 is 9.80 Å². The highest BCUT2D eigenvalue weighted by molar-refractivity contribution is 6.59. The third kappa shape index (κ3) is 4.05. The summed E-state index contributed by atoms with van der Waals surface area (Å²) in [4.78, 5) is 17.6. The fourth-order valence-electron chi connectivity index (χ4n) is 4.60. The first-order valence-electron chi connectivity index (χ1n) is 11.6. The topological polar surface area (TPSA) is 70.0 Å². The summed E-state index contributed by atoms with van der Waals surface area (Å²) in [5.74, 6) is -0.491. The molecule has 1 aliphatic heterocycles. The number of para-hydroxylation sites is 1. The second-order valence-corrected chi connectivity index (χ2v) is 9.83. The van der Waals surface area contributed by atoms with Gasteiger partial charge in [-0.15, -0.1) is 0 Å². The van der Waals surface area contributed by atoms with Gasteiger partial charge in [0.1, 0.15) is 46.3 Å². The lowest BCUT2D eigenvalue weighted by Crippen LogP contribution is -2.58. The number of aryl methyl sites for hydroxylation is 1. The molecule has 4 aromatic rings. The van der Waals surface area contributed by atoms with Crippen LogP contribution >= 0.6 is 0 Å². The normalized spacial score (nSPS) is 15.2. The number of H-pyrrole nitrogens is 1. The fraction of sp³-hybridized carbons (Fsp3) is 0.261. The molecule has 0 saturated carbocycles. The molecule has 34 heavy (non-hydrogen) atoms. The quantitative estimate of drug-likeness (QED) is 0.435. The minimum Gasteiger partial charge on any atom is -0.369 e. The molecular weight excluding hydrogens is 428 g/mol. The van der Waals surface area contributed by atoms with Crippen LogP contribution in [-0.4, -0.2) is 79.8 Å². The zero-order valence-electron chi connectivity index (χ0n) is 20.0. The van der Waals surface area contributed by atoms with Crippen LogP contribution in [0.2, 0.25) is 0 Å². The molecule has 0 radical (unpaired) electrons. The molecule has 2 aromatic carbocycles. The molecule has 5 rings (SSSR count). The Hall–Kier alpha value is -3.33. The number of anilines is 1. The summed E-state index contributed by atoms with van der Waals surface area (Å²) in [6, 6.07) is 14.3. The van der Waals surface area contributed by atoms with E-state index in [0.717, 1.165) is 36.4 Å². The lowest BCUT2D eigenvalue weighted by atomic mass is 9.48. The maximum absolute atomic E-state index is 14.5.